The minimum atomic E-state index is -0.400. The van der Waals surface area contributed by atoms with E-state index in [1.165, 1.54) is 25.2 Å². The summed E-state index contributed by atoms with van der Waals surface area (Å²) in [4.78, 5) is 37.1. The fourth-order valence-corrected chi connectivity index (χ4v) is 2.61. The van der Waals surface area contributed by atoms with Gasteiger partial charge in [-0.2, -0.15) is 0 Å². The van der Waals surface area contributed by atoms with E-state index in [1.54, 1.807) is 31.4 Å². The molecule has 0 atom stereocenters. The molecule has 26 heavy (non-hydrogen) atoms. The molecule has 2 aromatic carbocycles. The summed E-state index contributed by atoms with van der Waals surface area (Å²) in [6, 6.07) is 11.6. The second kappa shape index (κ2) is 7.26. The number of fused-ring (bicyclic) bond motifs is 1. The number of carbonyl (C=O) groups is 3. The number of hydrogen-bond donors (Lipinski definition) is 1. The molecule has 0 saturated heterocycles. The topological polar surface area (TPSA) is 84.9 Å². The third-order valence-corrected chi connectivity index (χ3v) is 4.07. The Kier molecular flexibility index (Phi) is 4.88. The number of rotatable bonds is 6. The molecule has 0 aromatic heterocycles. The highest BCUT2D eigenvalue weighted by molar-refractivity contribution is 6.21. The Morgan fingerprint density at radius 2 is 1.65 bits per heavy atom. The maximum absolute atomic E-state index is 12.2. The molecule has 0 unspecified atom stereocenters. The van der Waals surface area contributed by atoms with E-state index in [0.717, 1.165) is 10.6 Å². The molecule has 0 fully saturated rings. The Labute approximate surface area is 150 Å². The summed E-state index contributed by atoms with van der Waals surface area (Å²) in [6.45, 7) is 0.595. The van der Waals surface area contributed by atoms with Gasteiger partial charge in [0.05, 0.1) is 24.8 Å². The van der Waals surface area contributed by atoms with Gasteiger partial charge in [0.15, 0.2) is 0 Å². The van der Waals surface area contributed by atoms with Crippen LogP contribution in [0.2, 0.25) is 0 Å². The molecule has 7 heteroatoms. The minimum Gasteiger partial charge on any atom is -0.497 e. The molecule has 1 aliphatic rings. The summed E-state index contributed by atoms with van der Waals surface area (Å²) in [5.74, 6) is 0.318. The minimum absolute atomic E-state index is 0.250. The molecule has 2 aromatic rings. The van der Waals surface area contributed by atoms with Gasteiger partial charge in [0.25, 0.3) is 17.7 Å². The molecule has 0 bridgehead atoms. The van der Waals surface area contributed by atoms with Gasteiger partial charge in [-0.1, -0.05) is 0 Å². The molecule has 3 amide bonds. The van der Waals surface area contributed by atoms with Crippen LogP contribution in [0.3, 0.4) is 0 Å². The predicted octanol–water partition coefficient (Wildman–Crippen LogP) is 1.73. The highest BCUT2D eigenvalue weighted by Crippen LogP contribution is 2.22. The van der Waals surface area contributed by atoms with Crippen molar-refractivity contribution in [3.63, 3.8) is 0 Å². The number of carbonyl (C=O) groups excluding carboxylic acids is 3. The van der Waals surface area contributed by atoms with Crippen molar-refractivity contribution in [2.45, 2.75) is 0 Å². The van der Waals surface area contributed by atoms with Crippen molar-refractivity contribution in [3.05, 3.63) is 59.2 Å². The van der Waals surface area contributed by atoms with Crippen LogP contribution in [-0.2, 0) is 0 Å². The molecule has 0 saturated carbocycles. The van der Waals surface area contributed by atoms with Crippen LogP contribution in [0.4, 0.5) is 0 Å². The summed E-state index contributed by atoms with van der Waals surface area (Å²) < 4.78 is 10.6. The molecule has 0 radical (unpaired) electrons. The monoisotopic (exact) mass is 354 g/mol. The Bertz CT molecular complexity index is 861. The number of nitrogens with one attached hydrogen (secondary N) is 1. The molecular weight excluding hydrogens is 336 g/mol. The number of ether oxygens (including phenoxy) is 2. The number of benzene rings is 2. The van der Waals surface area contributed by atoms with E-state index in [2.05, 4.69) is 5.32 Å². The highest BCUT2D eigenvalue weighted by atomic mass is 16.5. The molecule has 1 aliphatic heterocycles. The van der Waals surface area contributed by atoms with Crippen LogP contribution in [0.5, 0.6) is 11.5 Å². The Balaban J connectivity index is 1.54. The lowest BCUT2D eigenvalue weighted by Gasteiger charge is -2.09. The number of methoxy groups -OCH3 is 1. The van der Waals surface area contributed by atoms with Crippen LogP contribution in [0, 0.1) is 0 Å². The van der Waals surface area contributed by atoms with Gasteiger partial charge in [0.1, 0.15) is 18.1 Å². The maximum Gasteiger partial charge on any atom is 0.261 e. The molecular formula is C19H18N2O5. The molecule has 0 spiro atoms. The number of nitrogens with zero attached hydrogens (tertiary/aromatic N) is 1. The summed E-state index contributed by atoms with van der Waals surface area (Å²) in [7, 11) is 3.01. The fraction of sp³-hybridized carbons (Fsp3) is 0.211. The zero-order valence-corrected chi connectivity index (χ0v) is 14.4. The van der Waals surface area contributed by atoms with Crippen molar-refractivity contribution < 1.29 is 23.9 Å². The largest absolute Gasteiger partial charge is 0.497 e. The first kappa shape index (κ1) is 17.5. The summed E-state index contributed by atoms with van der Waals surface area (Å²) in [5.41, 5.74) is 0.890. The van der Waals surface area contributed by atoms with Crippen LogP contribution in [0.15, 0.2) is 42.5 Å². The second-order valence-corrected chi connectivity index (χ2v) is 5.71. The molecule has 1 N–H and O–H groups in total. The molecule has 3 rings (SSSR count). The normalized spacial score (nSPS) is 12.8. The van der Waals surface area contributed by atoms with Crippen LogP contribution in [0.25, 0.3) is 0 Å². The van der Waals surface area contributed by atoms with E-state index in [4.69, 9.17) is 9.47 Å². The predicted molar refractivity (Wildman–Crippen MR) is 93.7 cm³/mol. The lowest BCUT2D eigenvalue weighted by Crippen LogP contribution is -2.28. The number of amides is 3. The van der Waals surface area contributed by atoms with Gasteiger partial charge < -0.3 is 14.8 Å². The van der Waals surface area contributed by atoms with E-state index < -0.39 is 5.91 Å². The zero-order valence-electron chi connectivity index (χ0n) is 14.4. The van der Waals surface area contributed by atoms with E-state index in [9.17, 15) is 14.4 Å². The standard InChI is InChI=1S/C19H18N2O5/c1-21-18(23)15-8-3-12(11-16(15)19(21)24)17(22)20-9-10-26-14-6-4-13(25-2)5-7-14/h3-8,11H,9-10H2,1-2H3,(H,20,22). The van der Waals surface area contributed by atoms with Crippen molar-refractivity contribution in [1.29, 1.82) is 0 Å². The van der Waals surface area contributed by atoms with Gasteiger partial charge in [0, 0.05) is 12.6 Å². The third kappa shape index (κ3) is 3.37. The molecule has 7 nitrogen and oxygen atoms in total. The average molecular weight is 354 g/mol. The average Bonchev–Trinajstić information content (AvgIpc) is 2.89. The third-order valence-electron chi connectivity index (χ3n) is 4.07. The van der Waals surface area contributed by atoms with Gasteiger partial charge >= 0.3 is 0 Å². The first-order chi connectivity index (χ1) is 12.5. The molecule has 1 heterocycles. The number of hydrogen-bond acceptors (Lipinski definition) is 5. The van der Waals surface area contributed by atoms with Gasteiger partial charge in [-0.05, 0) is 42.5 Å². The smallest absolute Gasteiger partial charge is 0.261 e. The van der Waals surface area contributed by atoms with Crippen LogP contribution in [0.1, 0.15) is 31.1 Å². The molecule has 134 valence electrons. The Hall–Kier alpha value is -3.35. The highest BCUT2D eigenvalue weighted by Gasteiger charge is 2.33. The summed E-state index contributed by atoms with van der Waals surface area (Å²) in [6.07, 6.45) is 0. The fourth-order valence-electron chi connectivity index (χ4n) is 2.61. The van der Waals surface area contributed by atoms with Crippen LogP contribution >= 0.6 is 0 Å². The van der Waals surface area contributed by atoms with Crippen molar-refractivity contribution >= 4 is 17.7 Å². The lowest BCUT2D eigenvalue weighted by atomic mass is 10.1. The SMILES string of the molecule is COc1ccc(OCCNC(=O)c2ccc3c(c2)C(=O)N(C)C3=O)cc1. The second-order valence-electron chi connectivity index (χ2n) is 5.71. The van der Waals surface area contributed by atoms with Gasteiger partial charge in [-0.25, -0.2) is 0 Å². The van der Waals surface area contributed by atoms with E-state index in [1.807, 2.05) is 0 Å². The molecule has 0 aliphatic carbocycles. The summed E-state index contributed by atoms with van der Waals surface area (Å²) >= 11 is 0. The zero-order chi connectivity index (χ0) is 18.7. The van der Waals surface area contributed by atoms with E-state index in [0.29, 0.717) is 30.0 Å². The first-order valence-electron chi connectivity index (χ1n) is 8.02. The Morgan fingerprint density at radius 3 is 2.35 bits per heavy atom. The van der Waals surface area contributed by atoms with Crippen molar-refractivity contribution in [1.82, 2.24) is 10.2 Å². The van der Waals surface area contributed by atoms with Crippen molar-refractivity contribution in [2.24, 2.45) is 0 Å². The van der Waals surface area contributed by atoms with Crippen LogP contribution in [-0.4, -0.2) is 49.9 Å². The number of imide groups is 1. The van der Waals surface area contributed by atoms with Gasteiger partial charge in [-0.3, -0.25) is 19.3 Å². The van der Waals surface area contributed by atoms with Gasteiger partial charge in [-0.15, -0.1) is 0 Å². The van der Waals surface area contributed by atoms with Crippen molar-refractivity contribution in [2.75, 3.05) is 27.3 Å². The first-order valence-corrected chi connectivity index (χ1v) is 8.02. The van der Waals surface area contributed by atoms with E-state index >= 15 is 0 Å². The Morgan fingerprint density at radius 1 is 1.00 bits per heavy atom. The van der Waals surface area contributed by atoms with Crippen LogP contribution < -0.4 is 14.8 Å². The summed E-state index contributed by atoms with van der Waals surface area (Å²) in [5, 5.41) is 2.72. The lowest BCUT2D eigenvalue weighted by molar-refractivity contribution is 0.0693. The van der Waals surface area contributed by atoms with Gasteiger partial charge in [0.2, 0.25) is 0 Å². The maximum atomic E-state index is 12.2. The van der Waals surface area contributed by atoms with Crippen molar-refractivity contribution in [3.8, 4) is 11.5 Å². The van der Waals surface area contributed by atoms with E-state index in [-0.39, 0.29) is 17.4 Å². The quantitative estimate of drug-likeness (QED) is 0.631.